The lowest BCUT2D eigenvalue weighted by molar-refractivity contribution is -0.142. The van der Waals surface area contributed by atoms with Gasteiger partial charge in [-0.15, -0.1) is 0 Å². The minimum atomic E-state index is -1.18. The van der Waals surface area contributed by atoms with Gasteiger partial charge in [0.05, 0.1) is 20.1 Å². The number of rotatable bonds is 7. The third-order valence-electron chi connectivity index (χ3n) is 4.64. The van der Waals surface area contributed by atoms with E-state index < -0.39 is 17.9 Å². The Morgan fingerprint density at radius 1 is 1.21 bits per heavy atom. The summed E-state index contributed by atoms with van der Waals surface area (Å²) in [5.41, 5.74) is 2.37. The number of benzene rings is 2. The van der Waals surface area contributed by atoms with Gasteiger partial charge in [0.2, 0.25) is 5.91 Å². The summed E-state index contributed by atoms with van der Waals surface area (Å²) in [5, 5.41) is 12.1. The van der Waals surface area contributed by atoms with Crippen LogP contribution in [0.1, 0.15) is 40.0 Å². The second-order valence-electron chi connectivity index (χ2n) is 6.56. The van der Waals surface area contributed by atoms with Gasteiger partial charge >= 0.3 is 5.97 Å². The summed E-state index contributed by atoms with van der Waals surface area (Å²) < 4.78 is 10.7. The number of carboxylic acid groups (broad SMARTS) is 1. The molecule has 0 fully saturated rings. The van der Waals surface area contributed by atoms with Crippen LogP contribution in [0.25, 0.3) is 0 Å². The third kappa shape index (κ3) is 4.14. The van der Waals surface area contributed by atoms with Gasteiger partial charge < -0.3 is 19.9 Å². The number of aliphatic carboxylic acids is 1. The van der Waals surface area contributed by atoms with Crippen molar-refractivity contribution in [3.63, 3.8) is 0 Å². The number of methoxy groups -OCH3 is 1. The van der Waals surface area contributed by atoms with E-state index in [0.717, 1.165) is 11.3 Å². The van der Waals surface area contributed by atoms with E-state index in [1.165, 1.54) is 14.0 Å². The highest BCUT2D eigenvalue weighted by molar-refractivity contribution is 5.95. The molecule has 146 valence electrons. The number of amides is 1. The highest BCUT2D eigenvalue weighted by Crippen LogP contribution is 2.28. The highest BCUT2D eigenvalue weighted by Gasteiger charge is 2.25. The Hall–Kier alpha value is -3.35. The lowest BCUT2D eigenvalue weighted by Crippen LogP contribution is -2.34. The maximum absolute atomic E-state index is 12.5. The van der Waals surface area contributed by atoms with Gasteiger partial charge in [0.1, 0.15) is 11.5 Å². The van der Waals surface area contributed by atoms with Crippen LogP contribution in [0.15, 0.2) is 36.4 Å². The zero-order chi connectivity index (χ0) is 20.3. The summed E-state index contributed by atoms with van der Waals surface area (Å²) in [7, 11) is 1.47. The van der Waals surface area contributed by atoms with Gasteiger partial charge in [-0.2, -0.15) is 0 Å². The molecule has 28 heavy (non-hydrogen) atoms. The molecule has 0 saturated heterocycles. The Morgan fingerprint density at radius 3 is 2.68 bits per heavy atom. The molecule has 0 spiro atoms. The first kappa shape index (κ1) is 19.4. The van der Waals surface area contributed by atoms with Gasteiger partial charge in [0, 0.05) is 17.5 Å². The number of carboxylic acids is 1. The molecule has 1 unspecified atom stereocenters. The second kappa shape index (κ2) is 8.12. The van der Waals surface area contributed by atoms with Gasteiger partial charge in [-0.25, -0.2) is 4.79 Å². The molecule has 0 radical (unpaired) electrons. The Bertz CT molecular complexity index is 936. The average molecular weight is 383 g/mol. The van der Waals surface area contributed by atoms with Crippen LogP contribution < -0.4 is 14.8 Å². The predicted octanol–water partition coefficient (Wildman–Crippen LogP) is 2.32. The molecular weight excluding hydrogens is 362 g/mol. The summed E-state index contributed by atoms with van der Waals surface area (Å²) in [6.07, 6.45) is 0.598. The summed E-state index contributed by atoms with van der Waals surface area (Å²) in [6, 6.07) is 8.75. The highest BCUT2D eigenvalue weighted by atomic mass is 16.5. The molecule has 2 aromatic rings. The Balaban J connectivity index is 1.79. The largest absolute Gasteiger partial charge is 0.496 e. The van der Waals surface area contributed by atoms with Crippen molar-refractivity contribution in [3.8, 4) is 11.5 Å². The summed E-state index contributed by atoms with van der Waals surface area (Å²) in [5.74, 6) is -0.570. The van der Waals surface area contributed by atoms with E-state index >= 15 is 0 Å². The van der Waals surface area contributed by atoms with Gasteiger partial charge in [-0.1, -0.05) is 6.07 Å². The number of carbonyl (C=O) groups excluding carboxylic acids is 2. The zero-order valence-corrected chi connectivity index (χ0v) is 15.7. The SMILES string of the molecule is COc1ccc(C(C)=O)cc1CC(=O)NC(C(=O)O)c1ccc2c(c1)CCO2. The number of hydrogen-bond acceptors (Lipinski definition) is 5. The standard InChI is InChI=1S/C21H21NO6/c1-12(23)13-3-5-17(27-2)16(9-13)11-19(24)22-20(21(25)26)15-4-6-18-14(10-15)7-8-28-18/h3-6,9-10,20H,7-8,11H2,1-2H3,(H,22,24)(H,25,26). The first-order valence-electron chi connectivity index (χ1n) is 8.84. The van der Waals surface area contributed by atoms with Gasteiger partial charge in [0.15, 0.2) is 11.8 Å². The molecular formula is C21H21NO6. The van der Waals surface area contributed by atoms with Gasteiger partial charge in [-0.05, 0) is 48.4 Å². The van der Waals surface area contributed by atoms with Crippen LogP contribution in [0.3, 0.4) is 0 Å². The van der Waals surface area contributed by atoms with Crippen LogP contribution in [-0.4, -0.2) is 36.5 Å². The van der Waals surface area contributed by atoms with Crippen molar-refractivity contribution in [1.82, 2.24) is 5.32 Å². The maximum atomic E-state index is 12.5. The van der Waals surface area contributed by atoms with E-state index in [1.54, 1.807) is 36.4 Å². The van der Waals surface area contributed by atoms with Crippen LogP contribution in [0.5, 0.6) is 11.5 Å². The lowest BCUT2D eigenvalue weighted by Gasteiger charge is -2.17. The van der Waals surface area contributed by atoms with Crippen molar-refractivity contribution in [2.24, 2.45) is 0 Å². The Labute approximate surface area is 162 Å². The fraction of sp³-hybridized carbons (Fsp3) is 0.286. The van der Waals surface area contributed by atoms with Crippen molar-refractivity contribution in [2.45, 2.75) is 25.8 Å². The number of Topliss-reactive ketones (excluding diaryl/α,β-unsaturated/α-hetero) is 1. The molecule has 0 aromatic heterocycles. The van der Waals surface area contributed by atoms with Crippen LogP contribution in [0, 0.1) is 0 Å². The molecule has 1 atom stereocenters. The molecule has 0 bridgehead atoms. The molecule has 2 N–H and O–H groups in total. The summed E-state index contributed by atoms with van der Waals surface area (Å²) in [6.45, 7) is 2.00. The lowest BCUT2D eigenvalue weighted by atomic mass is 10.0. The molecule has 0 aliphatic carbocycles. The Morgan fingerprint density at radius 2 is 2.00 bits per heavy atom. The minimum Gasteiger partial charge on any atom is -0.496 e. The first-order valence-corrected chi connectivity index (χ1v) is 8.84. The predicted molar refractivity (Wildman–Crippen MR) is 101 cm³/mol. The van der Waals surface area contributed by atoms with E-state index in [2.05, 4.69) is 5.32 Å². The van der Waals surface area contributed by atoms with Crippen LogP contribution in [0.2, 0.25) is 0 Å². The van der Waals surface area contributed by atoms with Crippen LogP contribution in [0.4, 0.5) is 0 Å². The number of ketones is 1. The molecule has 1 heterocycles. The van der Waals surface area contributed by atoms with E-state index in [4.69, 9.17) is 9.47 Å². The van der Waals surface area contributed by atoms with Crippen LogP contribution >= 0.6 is 0 Å². The minimum absolute atomic E-state index is 0.109. The number of fused-ring (bicyclic) bond motifs is 1. The fourth-order valence-electron chi connectivity index (χ4n) is 3.19. The van der Waals surface area contributed by atoms with Crippen molar-refractivity contribution in [1.29, 1.82) is 0 Å². The monoisotopic (exact) mass is 383 g/mol. The summed E-state index contributed by atoms with van der Waals surface area (Å²) >= 11 is 0. The zero-order valence-electron chi connectivity index (χ0n) is 15.7. The van der Waals surface area contributed by atoms with E-state index in [1.807, 2.05) is 0 Å². The van der Waals surface area contributed by atoms with E-state index in [9.17, 15) is 19.5 Å². The number of nitrogens with one attached hydrogen (secondary N) is 1. The topological polar surface area (TPSA) is 102 Å². The quantitative estimate of drug-likeness (QED) is 0.712. The molecule has 3 rings (SSSR count). The van der Waals surface area contributed by atoms with Crippen molar-refractivity contribution in [3.05, 3.63) is 58.7 Å². The molecule has 1 aliphatic heterocycles. The first-order chi connectivity index (χ1) is 13.4. The average Bonchev–Trinajstić information content (AvgIpc) is 3.13. The fourth-order valence-corrected chi connectivity index (χ4v) is 3.19. The van der Waals surface area contributed by atoms with Crippen LogP contribution in [-0.2, 0) is 22.4 Å². The van der Waals surface area contributed by atoms with Crippen molar-refractivity contribution >= 4 is 17.7 Å². The summed E-state index contributed by atoms with van der Waals surface area (Å²) in [4.78, 5) is 35.9. The molecule has 7 nitrogen and oxygen atoms in total. The normalized spacial score (nSPS) is 13.2. The van der Waals surface area contributed by atoms with Crippen molar-refractivity contribution < 1.29 is 29.0 Å². The maximum Gasteiger partial charge on any atom is 0.330 e. The van der Waals surface area contributed by atoms with Gasteiger partial charge in [0.25, 0.3) is 0 Å². The Kier molecular flexibility index (Phi) is 5.63. The smallest absolute Gasteiger partial charge is 0.330 e. The second-order valence-corrected chi connectivity index (χ2v) is 6.56. The number of ether oxygens (including phenoxy) is 2. The van der Waals surface area contributed by atoms with E-state index in [-0.39, 0.29) is 12.2 Å². The molecule has 0 saturated carbocycles. The van der Waals surface area contributed by atoms with Crippen molar-refractivity contribution in [2.75, 3.05) is 13.7 Å². The van der Waals surface area contributed by atoms with Gasteiger partial charge in [-0.3, -0.25) is 9.59 Å². The third-order valence-corrected chi connectivity index (χ3v) is 4.64. The molecule has 2 aromatic carbocycles. The molecule has 1 aliphatic rings. The molecule has 7 heteroatoms. The van der Waals surface area contributed by atoms with E-state index in [0.29, 0.717) is 35.5 Å². The number of hydrogen-bond donors (Lipinski definition) is 2. The molecule has 1 amide bonds. The number of carbonyl (C=O) groups is 3.